The van der Waals surface area contributed by atoms with Gasteiger partial charge in [-0.3, -0.25) is 4.57 Å². The molecule has 2 N–H and O–H groups in total. The number of thioether (sulfide) groups is 1. The first-order valence-corrected chi connectivity index (χ1v) is 8.19. The predicted molar refractivity (Wildman–Crippen MR) is 91.0 cm³/mol. The molecule has 6 heteroatoms. The van der Waals surface area contributed by atoms with E-state index in [9.17, 15) is 0 Å². The molecule has 0 bridgehead atoms. The van der Waals surface area contributed by atoms with Crippen LogP contribution in [-0.2, 0) is 12.3 Å². The average Bonchev–Trinajstić information content (AvgIpc) is 2.88. The molecule has 112 valence electrons. The third-order valence-electron chi connectivity index (χ3n) is 3.24. The minimum atomic E-state index is 0.422. The highest BCUT2D eigenvalue weighted by Crippen LogP contribution is 2.26. The van der Waals surface area contributed by atoms with Gasteiger partial charge in [-0.25, -0.2) is 0 Å². The highest BCUT2D eigenvalue weighted by atomic mass is 35.5. The fraction of sp³-hybridized carbons (Fsp3) is 0.125. The van der Waals surface area contributed by atoms with Gasteiger partial charge in [0.25, 0.3) is 0 Å². The average molecular weight is 331 g/mol. The van der Waals surface area contributed by atoms with Crippen LogP contribution in [0.15, 0.2) is 59.8 Å². The minimum Gasteiger partial charge on any atom is -0.368 e. The van der Waals surface area contributed by atoms with Crippen molar-refractivity contribution >= 4 is 29.3 Å². The van der Waals surface area contributed by atoms with Crippen LogP contribution in [0.5, 0.6) is 0 Å². The van der Waals surface area contributed by atoms with Gasteiger partial charge in [-0.1, -0.05) is 71.9 Å². The number of nitrogens with zero attached hydrogens (tertiary/aromatic N) is 3. The summed E-state index contributed by atoms with van der Waals surface area (Å²) in [6.07, 6.45) is 0. The molecule has 1 aromatic heterocycles. The molecule has 22 heavy (non-hydrogen) atoms. The van der Waals surface area contributed by atoms with E-state index >= 15 is 0 Å². The summed E-state index contributed by atoms with van der Waals surface area (Å²) in [7, 11) is 0. The zero-order chi connectivity index (χ0) is 15.4. The van der Waals surface area contributed by atoms with E-state index < -0.39 is 0 Å². The van der Waals surface area contributed by atoms with Gasteiger partial charge in [0.05, 0.1) is 6.54 Å². The number of nitrogen functional groups attached to an aromatic ring is 1. The first-order valence-electron chi connectivity index (χ1n) is 6.83. The Morgan fingerprint density at radius 3 is 2.50 bits per heavy atom. The normalized spacial score (nSPS) is 10.8. The molecule has 0 saturated heterocycles. The van der Waals surface area contributed by atoms with Crippen LogP contribution >= 0.6 is 23.4 Å². The molecule has 0 atom stereocenters. The SMILES string of the molecule is Nc1nnc(SCc2ccccc2Cl)n1Cc1ccccc1. The van der Waals surface area contributed by atoms with Gasteiger partial charge in [0.15, 0.2) is 5.16 Å². The monoisotopic (exact) mass is 330 g/mol. The van der Waals surface area contributed by atoms with Crippen LogP contribution in [0.1, 0.15) is 11.1 Å². The van der Waals surface area contributed by atoms with E-state index in [0.29, 0.717) is 12.5 Å². The number of rotatable bonds is 5. The Morgan fingerprint density at radius 1 is 1.00 bits per heavy atom. The molecule has 0 saturated carbocycles. The Hall–Kier alpha value is -1.98. The number of hydrogen-bond donors (Lipinski definition) is 1. The molecule has 0 unspecified atom stereocenters. The number of aromatic nitrogens is 3. The van der Waals surface area contributed by atoms with Crippen LogP contribution in [0.25, 0.3) is 0 Å². The highest BCUT2D eigenvalue weighted by molar-refractivity contribution is 7.98. The second-order valence-corrected chi connectivity index (χ2v) is 6.14. The predicted octanol–water partition coefficient (Wildman–Crippen LogP) is 3.85. The number of halogens is 1. The first kappa shape index (κ1) is 14.9. The van der Waals surface area contributed by atoms with E-state index in [0.717, 1.165) is 27.1 Å². The molecule has 0 aliphatic carbocycles. The molecule has 0 aliphatic rings. The number of hydrogen-bond acceptors (Lipinski definition) is 4. The lowest BCUT2D eigenvalue weighted by molar-refractivity contribution is 0.717. The van der Waals surface area contributed by atoms with E-state index in [1.165, 1.54) is 0 Å². The van der Waals surface area contributed by atoms with Crippen molar-refractivity contribution in [2.24, 2.45) is 0 Å². The molecule has 0 radical (unpaired) electrons. The van der Waals surface area contributed by atoms with Gasteiger partial charge in [-0.2, -0.15) is 0 Å². The molecular formula is C16H15ClN4S. The first-order chi connectivity index (χ1) is 10.7. The Labute approximate surface area is 138 Å². The fourth-order valence-corrected chi connectivity index (χ4v) is 3.31. The van der Waals surface area contributed by atoms with E-state index in [-0.39, 0.29) is 0 Å². The third kappa shape index (κ3) is 3.43. The summed E-state index contributed by atoms with van der Waals surface area (Å²) in [4.78, 5) is 0. The van der Waals surface area contributed by atoms with E-state index in [1.54, 1.807) is 11.8 Å². The molecule has 1 heterocycles. The summed E-state index contributed by atoms with van der Waals surface area (Å²) in [5.41, 5.74) is 8.17. The third-order valence-corrected chi connectivity index (χ3v) is 4.63. The van der Waals surface area contributed by atoms with Crippen molar-refractivity contribution in [2.75, 3.05) is 5.73 Å². The maximum Gasteiger partial charge on any atom is 0.223 e. The minimum absolute atomic E-state index is 0.422. The lowest BCUT2D eigenvalue weighted by Crippen LogP contribution is -2.06. The molecule has 3 aromatic rings. The lowest BCUT2D eigenvalue weighted by atomic mass is 10.2. The van der Waals surface area contributed by atoms with Gasteiger partial charge in [-0.15, -0.1) is 10.2 Å². The Kier molecular flexibility index (Phi) is 4.65. The summed E-state index contributed by atoms with van der Waals surface area (Å²) in [5.74, 6) is 1.15. The topological polar surface area (TPSA) is 56.7 Å². The number of benzene rings is 2. The smallest absolute Gasteiger partial charge is 0.223 e. The summed E-state index contributed by atoms with van der Waals surface area (Å²) in [6.45, 7) is 0.657. The van der Waals surface area contributed by atoms with Crippen molar-refractivity contribution in [1.82, 2.24) is 14.8 Å². The molecule has 0 fully saturated rings. The second kappa shape index (κ2) is 6.85. The van der Waals surface area contributed by atoms with E-state index in [4.69, 9.17) is 17.3 Å². The van der Waals surface area contributed by atoms with Gasteiger partial charge < -0.3 is 5.73 Å². The summed E-state index contributed by atoms with van der Waals surface area (Å²) in [6, 6.07) is 17.9. The van der Waals surface area contributed by atoms with Crippen molar-refractivity contribution < 1.29 is 0 Å². The van der Waals surface area contributed by atoms with Crippen LogP contribution in [0.3, 0.4) is 0 Å². The summed E-state index contributed by atoms with van der Waals surface area (Å²) < 4.78 is 1.91. The molecule has 0 aliphatic heterocycles. The molecule has 0 spiro atoms. The zero-order valence-corrected chi connectivity index (χ0v) is 13.4. The molecular weight excluding hydrogens is 316 g/mol. The second-order valence-electron chi connectivity index (χ2n) is 4.79. The summed E-state index contributed by atoms with van der Waals surface area (Å²) in [5, 5.41) is 9.70. The van der Waals surface area contributed by atoms with Crippen LogP contribution in [0.4, 0.5) is 5.95 Å². The van der Waals surface area contributed by atoms with Gasteiger partial charge in [0.1, 0.15) is 0 Å². The Morgan fingerprint density at radius 2 is 1.73 bits per heavy atom. The Bertz CT molecular complexity index is 758. The molecule has 2 aromatic carbocycles. The lowest BCUT2D eigenvalue weighted by Gasteiger charge is -2.08. The quantitative estimate of drug-likeness (QED) is 0.722. The standard InChI is InChI=1S/C16H15ClN4S/c17-14-9-5-4-8-13(14)11-22-16-20-19-15(18)21(16)10-12-6-2-1-3-7-12/h1-9H,10-11H2,(H2,18,19). The van der Waals surface area contributed by atoms with Crippen molar-refractivity contribution in [2.45, 2.75) is 17.5 Å². The van der Waals surface area contributed by atoms with E-state index in [1.807, 2.05) is 47.0 Å². The van der Waals surface area contributed by atoms with Crippen molar-refractivity contribution in [3.05, 3.63) is 70.7 Å². The van der Waals surface area contributed by atoms with Crippen LogP contribution < -0.4 is 5.73 Å². The van der Waals surface area contributed by atoms with Crippen molar-refractivity contribution in [3.63, 3.8) is 0 Å². The molecule has 4 nitrogen and oxygen atoms in total. The van der Waals surface area contributed by atoms with Crippen LogP contribution in [0.2, 0.25) is 5.02 Å². The maximum atomic E-state index is 6.18. The van der Waals surface area contributed by atoms with Crippen LogP contribution in [-0.4, -0.2) is 14.8 Å². The maximum absolute atomic E-state index is 6.18. The van der Waals surface area contributed by atoms with Gasteiger partial charge in [0, 0.05) is 10.8 Å². The molecule has 3 rings (SSSR count). The highest BCUT2D eigenvalue weighted by Gasteiger charge is 2.11. The Balaban J connectivity index is 1.76. The van der Waals surface area contributed by atoms with Gasteiger partial charge >= 0.3 is 0 Å². The van der Waals surface area contributed by atoms with Crippen LogP contribution in [0, 0.1) is 0 Å². The van der Waals surface area contributed by atoms with Gasteiger partial charge in [-0.05, 0) is 17.2 Å². The summed E-state index contributed by atoms with van der Waals surface area (Å²) >= 11 is 7.76. The van der Waals surface area contributed by atoms with Gasteiger partial charge in [0.2, 0.25) is 5.95 Å². The zero-order valence-electron chi connectivity index (χ0n) is 11.8. The fourth-order valence-electron chi connectivity index (χ4n) is 2.08. The molecule has 0 amide bonds. The van der Waals surface area contributed by atoms with Crippen molar-refractivity contribution in [1.29, 1.82) is 0 Å². The largest absolute Gasteiger partial charge is 0.368 e. The van der Waals surface area contributed by atoms with Crippen molar-refractivity contribution in [3.8, 4) is 0 Å². The van der Waals surface area contributed by atoms with E-state index in [2.05, 4.69) is 22.3 Å². The number of anilines is 1. The number of nitrogens with two attached hydrogens (primary N) is 1.